The molecule has 0 bridgehead atoms. The SMILES string of the molecule is Cc1c(C(=O)OC(CO)COCc2ccccc2)[nH]c2cc3c([nH]c4ccccc43)c(C)c12. The van der Waals surface area contributed by atoms with Crippen LogP contribution in [0.3, 0.4) is 0 Å². The highest BCUT2D eigenvalue weighted by atomic mass is 16.6. The number of esters is 1. The van der Waals surface area contributed by atoms with Gasteiger partial charge in [-0.2, -0.15) is 0 Å². The number of aromatic amines is 2. The molecule has 5 aromatic rings. The lowest BCUT2D eigenvalue weighted by Gasteiger charge is -2.15. The second kappa shape index (κ2) is 8.73. The molecule has 0 radical (unpaired) electrons. The number of nitrogens with one attached hydrogen (secondary N) is 2. The summed E-state index contributed by atoms with van der Waals surface area (Å²) in [5.74, 6) is -0.501. The van der Waals surface area contributed by atoms with Crippen molar-refractivity contribution in [1.29, 1.82) is 0 Å². The van der Waals surface area contributed by atoms with E-state index in [1.165, 1.54) is 0 Å². The zero-order valence-electron chi connectivity index (χ0n) is 18.6. The van der Waals surface area contributed by atoms with Gasteiger partial charge in [-0.05, 0) is 42.7 Å². The van der Waals surface area contributed by atoms with Crippen LogP contribution in [0, 0.1) is 13.8 Å². The van der Waals surface area contributed by atoms with Crippen molar-refractivity contribution < 1.29 is 19.4 Å². The van der Waals surface area contributed by atoms with E-state index in [1.807, 2.05) is 49.4 Å². The molecule has 0 fully saturated rings. The van der Waals surface area contributed by atoms with Gasteiger partial charge in [0.05, 0.1) is 25.3 Å². The average molecular weight is 443 g/mol. The number of benzene rings is 3. The highest BCUT2D eigenvalue weighted by Crippen LogP contribution is 2.35. The topological polar surface area (TPSA) is 87.3 Å². The van der Waals surface area contributed by atoms with Gasteiger partial charge in [0.2, 0.25) is 0 Å². The minimum absolute atomic E-state index is 0.116. The molecule has 6 heteroatoms. The van der Waals surface area contributed by atoms with Crippen LogP contribution in [0.2, 0.25) is 0 Å². The number of aryl methyl sites for hydroxylation is 2. The number of aromatic nitrogens is 2. The van der Waals surface area contributed by atoms with Crippen molar-refractivity contribution >= 4 is 38.7 Å². The smallest absolute Gasteiger partial charge is 0.355 e. The first-order valence-corrected chi connectivity index (χ1v) is 11.0. The first-order valence-electron chi connectivity index (χ1n) is 11.0. The number of aliphatic hydroxyl groups excluding tert-OH is 1. The van der Waals surface area contributed by atoms with E-state index in [4.69, 9.17) is 9.47 Å². The summed E-state index contributed by atoms with van der Waals surface area (Å²) >= 11 is 0. The maximum atomic E-state index is 13.0. The maximum absolute atomic E-state index is 13.0. The highest BCUT2D eigenvalue weighted by molar-refractivity contribution is 6.15. The first-order chi connectivity index (χ1) is 16.1. The van der Waals surface area contributed by atoms with Crippen LogP contribution in [0.15, 0.2) is 60.7 Å². The van der Waals surface area contributed by atoms with Crippen LogP contribution >= 0.6 is 0 Å². The number of fused-ring (bicyclic) bond motifs is 4. The van der Waals surface area contributed by atoms with E-state index in [-0.39, 0.29) is 13.2 Å². The summed E-state index contributed by atoms with van der Waals surface area (Å²) in [5.41, 5.74) is 6.36. The van der Waals surface area contributed by atoms with Crippen LogP contribution in [0.5, 0.6) is 0 Å². The van der Waals surface area contributed by atoms with Crippen molar-refractivity contribution in [3.05, 3.63) is 83.0 Å². The Labute approximate surface area is 191 Å². The summed E-state index contributed by atoms with van der Waals surface area (Å²) in [4.78, 5) is 19.7. The molecule has 0 saturated heterocycles. The summed E-state index contributed by atoms with van der Waals surface area (Å²) in [6.07, 6.45) is -0.744. The van der Waals surface area contributed by atoms with Gasteiger partial charge in [0.25, 0.3) is 0 Å². The molecule has 168 valence electrons. The van der Waals surface area contributed by atoms with Gasteiger partial charge in [0.15, 0.2) is 0 Å². The fourth-order valence-corrected chi connectivity index (χ4v) is 4.51. The summed E-state index contributed by atoms with van der Waals surface area (Å²) in [6, 6.07) is 20.0. The molecule has 0 aliphatic carbocycles. The van der Waals surface area contributed by atoms with Crippen LogP contribution in [0.4, 0.5) is 0 Å². The molecule has 6 nitrogen and oxygen atoms in total. The molecular weight excluding hydrogens is 416 g/mol. The third kappa shape index (κ3) is 3.88. The standard InChI is InChI=1S/C27H26N2O4/c1-16-24-17(2)26(27(31)33-19(13-30)15-32-14-18-8-4-3-5-9-18)29-23(24)12-21-20-10-6-7-11-22(20)28-25(16)21/h3-12,19,28-30H,13-15H2,1-2H3. The van der Waals surface area contributed by atoms with Gasteiger partial charge < -0.3 is 24.5 Å². The number of ether oxygens (including phenoxy) is 2. The Morgan fingerprint density at radius 2 is 1.70 bits per heavy atom. The number of carbonyl (C=O) groups is 1. The quantitative estimate of drug-likeness (QED) is 0.304. The second-order valence-corrected chi connectivity index (χ2v) is 8.35. The predicted molar refractivity (Wildman–Crippen MR) is 130 cm³/mol. The Balaban J connectivity index is 1.39. The summed E-state index contributed by atoms with van der Waals surface area (Å²) in [5, 5.41) is 13.0. The van der Waals surface area contributed by atoms with Crippen LogP contribution in [0.25, 0.3) is 32.7 Å². The maximum Gasteiger partial charge on any atom is 0.355 e. The van der Waals surface area contributed by atoms with E-state index >= 15 is 0 Å². The number of para-hydroxylation sites is 1. The van der Waals surface area contributed by atoms with Crippen molar-refractivity contribution in [3.63, 3.8) is 0 Å². The lowest BCUT2D eigenvalue weighted by Crippen LogP contribution is -2.27. The number of carbonyl (C=O) groups excluding carboxylic acids is 1. The van der Waals surface area contributed by atoms with E-state index in [1.54, 1.807) is 0 Å². The molecule has 1 unspecified atom stereocenters. The second-order valence-electron chi connectivity index (χ2n) is 8.35. The van der Waals surface area contributed by atoms with E-state index in [0.717, 1.165) is 49.4 Å². The molecule has 2 aromatic heterocycles. The lowest BCUT2D eigenvalue weighted by molar-refractivity contribution is -0.0278. The third-order valence-electron chi connectivity index (χ3n) is 6.16. The van der Waals surface area contributed by atoms with Gasteiger partial charge in [-0.3, -0.25) is 0 Å². The molecule has 33 heavy (non-hydrogen) atoms. The predicted octanol–water partition coefficient (Wildman–Crippen LogP) is 5.15. The summed E-state index contributed by atoms with van der Waals surface area (Å²) in [6.45, 7) is 4.17. The van der Waals surface area contributed by atoms with Crippen LogP contribution < -0.4 is 0 Å². The van der Waals surface area contributed by atoms with Crippen molar-refractivity contribution in [2.75, 3.05) is 13.2 Å². The highest BCUT2D eigenvalue weighted by Gasteiger charge is 2.22. The lowest BCUT2D eigenvalue weighted by atomic mass is 10.0. The van der Waals surface area contributed by atoms with Crippen LogP contribution in [0.1, 0.15) is 27.2 Å². The average Bonchev–Trinajstić information content (AvgIpc) is 3.37. The molecule has 0 saturated carbocycles. The number of aliphatic hydroxyl groups is 1. The molecule has 1 atom stereocenters. The van der Waals surface area contributed by atoms with Gasteiger partial charge in [-0.15, -0.1) is 0 Å². The summed E-state index contributed by atoms with van der Waals surface area (Å²) in [7, 11) is 0. The minimum Gasteiger partial charge on any atom is -0.453 e. The number of rotatable bonds is 7. The largest absolute Gasteiger partial charge is 0.453 e. The van der Waals surface area contributed by atoms with Crippen LogP contribution in [-0.2, 0) is 16.1 Å². The fourth-order valence-electron chi connectivity index (χ4n) is 4.51. The molecule has 3 N–H and O–H groups in total. The van der Waals surface area contributed by atoms with Gasteiger partial charge in [-0.25, -0.2) is 4.79 Å². The molecular formula is C27H26N2O4. The van der Waals surface area contributed by atoms with Crippen molar-refractivity contribution in [2.24, 2.45) is 0 Å². The minimum atomic E-state index is -0.744. The Morgan fingerprint density at radius 1 is 0.939 bits per heavy atom. The van der Waals surface area contributed by atoms with Crippen molar-refractivity contribution in [3.8, 4) is 0 Å². The van der Waals surface area contributed by atoms with Gasteiger partial charge in [-0.1, -0.05) is 48.5 Å². The van der Waals surface area contributed by atoms with E-state index in [9.17, 15) is 9.90 Å². The van der Waals surface area contributed by atoms with Gasteiger partial charge in [0.1, 0.15) is 11.8 Å². The van der Waals surface area contributed by atoms with Crippen molar-refractivity contribution in [1.82, 2.24) is 9.97 Å². The number of hydrogen-bond acceptors (Lipinski definition) is 4. The molecule has 0 aliphatic heterocycles. The van der Waals surface area contributed by atoms with Crippen LogP contribution in [-0.4, -0.2) is 40.4 Å². The Morgan fingerprint density at radius 3 is 2.48 bits per heavy atom. The Kier molecular flexibility index (Phi) is 5.62. The Bertz CT molecular complexity index is 1450. The van der Waals surface area contributed by atoms with Gasteiger partial charge in [0, 0.05) is 27.2 Å². The first kappa shape index (κ1) is 21.2. The van der Waals surface area contributed by atoms with E-state index in [2.05, 4.69) is 35.1 Å². The molecule has 0 spiro atoms. The van der Waals surface area contributed by atoms with E-state index in [0.29, 0.717) is 12.3 Å². The molecule has 5 rings (SSSR count). The summed E-state index contributed by atoms with van der Waals surface area (Å²) < 4.78 is 11.2. The van der Waals surface area contributed by atoms with Crippen molar-refractivity contribution in [2.45, 2.75) is 26.6 Å². The third-order valence-corrected chi connectivity index (χ3v) is 6.16. The fraction of sp³-hybridized carbons (Fsp3) is 0.222. The Hall–Kier alpha value is -3.61. The monoisotopic (exact) mass is 442 g/mol. The normalized spacial score (nSPS) is 12.6. The molecule has 2 heterocycles. The number of H-pyrrole nitrogens is 2. The van der Waals surface area contributed by atoms with Gasteiger partial charge >= 0.3 is 5.97 Å². The zero-order valence-corrected chi connectivity index (χ0v) is 18.6. The molecule has 0 aliphatic rings. The molecule has 3 aromatic carbocycles. The number of hydrogen-bond donors (Lipinski definition) is 3. The zero-order chi connectivity index (χ0) is 22.9. The van der Waals surface area contributed by atoms with E-state index < -0.39 is 12.1 Å². The molecule has 0 amide bonds.